The third-order valence-corrected chi connectivity index (χ3v) is 5.43. The maximum atomic E-state index is 12.4. The first-order valence-electron chi connectivity index (χ1n) is 10.3. The number of rotatable bonds is 8. The fraction of sp³-hybridized carbons (Fsp3) is 0.417. The molecule has 154 valence electrons. The smallest absolute Gasteiger partial charge is 0.332 e. The number of benzene rings is 2. The van der Waals surface area contributed by atoms with E-state index in [9.17, 15) is 9.59 Å². The third-order valence-electron chi connectivity index (χ3n) is 5.43. The first kappa shape index (κ1) is 21.1. The molecule has 2 aromatic rings. The van der Waals surface area contributed by atoms with Crippen LogP contribution in [0.2, 0.25) is 0 Å². The predicted molar refractivity (Wildman–Crippen MR) is 111 cm³/mol. The van der Waals surface area contributed by atoms with Crippen molar-refractivity contribution in [2.75, 3.05) is 32.9 Å². The first-order chi connectivity index (χ1) is 14.2. The highest BCUT2D eigenvalue weighted by molar-refractivity contribution is 5.78. The van der Waals surface area contributed by atoms with Gasteiger partial charge in [-0.3, -0.25) is 4.79 Å². The van der Waals surface area contributed by atoms with Gasteiger partial charge in [0.1, 0.15) is 13.2 Å². The number of likely N-dealkylation sites (tertiary alicyclic amines) is 1. The lowest BCUT2D eigenvalue weighted by atomic mass is 9.76. The Morgan fingerprint density at radius 2 is 1.48 bits per heavy atom. The molecule has 3 rings (SSSR count). The van der Waals surface area contributed by atoms with Crippen molar-refractivity contribution < 1.29 is 19.1 Å². The van der Waals surface area contributed by atoms with Crippen LogP contribution >= 0.6 is 0 Å². The molecule has 1 aliphatic heterocycles. The molecule has 1 saturated heterocycles. The molecule has 0 saturated carbocycles. The second-order valence-electron chi connectivity index (χ2n) is 7.32. The zero-order valence-electron chi connectivity index (χ0n) is 17.0. The Morgan fingerprint density at radius 1 is 0.931 bits per heavy atom. The Balaban J connectivity index is 1.58. The van der Waals surface area contributed by atoms with E-state index in [2.05, 4.69) is 48.5 Å². The van der Waals surface area contributed by atoms with Gasteiger partial charge in [-0.25, -0.2) is 4.79 Å². The Kier molecular flexibility index (Phi) is 7.82. The maximum Gasteiger partial charge on any atom is 0.332 e. The van der Waals surface area contributed by atoms with E-state index >= 15 is 0 Å². The summed E-state index contributed by atoms with van der Waals surface area (Å²) in [5, 5.41) is 0. The van der Waals surface area contributed by atoms with Crippen molar-refractivity contribution in [3.63, 3.8) is 0 Å². The molecule has 2 aromatic carbocycles. The lowest BCUT2D eigenvalue weighted by Crippen LogP contribution is -2.41. The van der Waals surface area contributed by atoms with Gasteiger partial charge >= 0.3 is 5.97 Å². The standard InChI is InChI=1S/C24H29NO4/c1-2-29-23(27)18-28-17-22(26)25-15-13-21(14-16-25)24(19-9-5-3-6-10-19)20-11-7-4-8-12-20/h3-12,21,24H,2,13-18H2,1H3. The van der Waals surface area contributed by atoms with Gasteiger partial charge in [-0.15, -0.1) is 0 Å². The van der Waals surface area contributed by atoms with Gasteiger partial charge < -0.3 is 14.4 Å². The monoisotopic (exact) mass is 395 g/mol. The minimum Gasteiger partial charge on any atom is -0.464 e. The van der Waals surface area contributed by atoms with Crippen LogP contribution in [0.5, 0.6) is 0 Å². The van der Waals surface area contributed by atoms with Gasteiger partial charge in [0.05, 0.1) is 6.61 Å². The Labute approximate surface area is 172 Å². The summed E-state index contributed by atoms with van der Waals surface area (Å²) in [5.41, 5.74) is 2.64. The van der Waals surface area contributed by atoms with E-state index in [4.69, 9.17) is 9.47 Å². The molecule has 0 atom stereocenters. The van der Waals surface area contributed by atoms with Crippen molar-refractivity contribution in [3.8, 4) is 0 Å². The fourth-order valence-electron chi connectivity index (χ4n) is 4.06. The van der Waals surface area contributed by atoms with E-state index in [-0.39, 0.29) is 19.1 Å². The molecular weight excluding hydrogens is 366 g/mol. The molecule has 29 heavy (non-hydrogen) atoms. The highest BCUT2D eigenvalue weighted by Gasteiger charge is 2.30. The number of ether oxygens (including phenoxy) is 2. The number of esters is 1. The topological polar surface area (TPSA) is 55.8 Å². The largest absolute Gasteiger partial charge is 0.464 e. The van der Waals surface area contributed by atoms with Crippen molar-refractivity contribution in [2.45, 2.75) is 25.7 Å². The molecule has 1 amide bonds. The Bertz CT molecular complexity index is 730. The molecule has 1 aliphatic rings. The molecule has 1 fully saturated rings. The summed E-state index contributed by atoms with van der Waals surface area (Å²) in [6.45, 7) is 3.22. The van der Waals surface area contributed by atoms with Gasteiger partial charge in [0, 0.05) is 19.0 Å². The maximum absolute atomic E-state index is 12.4. The highest BCUT2D eigenvalue weighted by atomic mass is 16.6. The Morgan fingerprint density at radius 3 is 2.00 bits per heavy atom. The quantitative estimate of drug-likeness (QED) is 0.641. The minimum absolute atomic E-state index is 0.0660. The summed E-state index contributed by atoms with van der Waals surface area (Å²) in [5.74, 6) is 0.301. The summed E-state index contributed by atoms with van der Waals surface area (Å²) in [6, 6.07) is 21.2. The lowest BCUT2D eigenvalue weighted by molar-refractivity contribution is -0.151. The van der Waals surface area contributed by atoms with Gasteiger partial charge in [0.15, 0.2) is 0 Å². The van der Waals surface area contributed by atoms with Crippen LogP contribution < -0.4 is 0 Å². The molecule has 0 radical (unpaired) electrons. The lowest BCUT2D eigenvalue weighted by Gasteiger charge is -2.36. The number of nitrogens with zero attached hydrogens (tertiary/aromatic N) is 1. The van der Waals surface area contributed by atoms with Crippen molar-refractivity contribution in [3.05, 3.63) is 71.8 Å². The van der Waals surface area contributed by atoms with E-state index in [1.165, 1.54) is 11.1 Å². The molecule has 0 spiro atoms. The van der Waals surface area contributed by atoms with E-state index < -0.39 is 5.97 Å². The van der Waals surface area contributed by atoms with Crippen LogP contribution in [-0.2, 0) is 19.1 Å². The van der Waals surface area contributed by atoms with Crippen molar-refractivity contribution in [2.24, 2.45) is 5.92 Å². The fourth-order valence-corrected chi connectivity index (χ4v) is 4.06. The molecule has 0 aliphatic carbocycles. The van der Waals surface area contributed by atoms with Crippen LogP contribution in [0.4, 0.5) is 0 Å². The summed E-state index contributed by atoms with van der Waals surface area (Å²) in [7, 11) is 0. The van der Waals surface area contributed by atoms with Crippen molar-refractivity contribution in [1.82, 2.24) is 4.90 Å². The van der Waals surface area contributed by atoms with Crippen LogP contribution in [0, 0.1) is 5.92 Å². The highest BCUT2D eigenvalue weighted by Crippen LogP contribution is 2.37. The molecule has 0 unspecified atom stereocenters. The van der Waals surface area contributed by atoms with Crippen LogP contribution in [0.15, 0.2) is 60.7 Å². The van der Waals surface area contributed by atoms with Gasteiger partial charge in [0.2, 0.25) is 5.91 Å². The molecule has 5 nitrogen and oxygen atoms in total. The average Bonchev–Trinajstić information content (AvgIpc) is 2.76. The number of hydrogen-bond donors (Lipinski definition) is 0. The number of carbonyl (C=O) groups is 2. The van der Waals surface area contributed by atoms with Crippen molar-refractivity contribution in [1.29, 1.82) is 0 Å². The summed E-state index contributed by atoms with van der Waals surface area (Å²) >= 11 is 0. The molecule has 0 N–H and O–H groups in total. The molecular formula is C24H29NO4. The molecule has 5 heteroatoms. The average molecular weight is 395 g/mol. The van der Waals surface area contributed by atoms with Crippen LogP contribution in [0.3, 0.4) is 0 Å². The zero-order chi connectivity index (χ0) is 20.5. The number of amides is 1. The summed E-state index contributed by atoms with van der Waals surface area (Å²) in [6.07, 6.45) is 1.89. The summed E-state index contributed by atoms with van der Waals surface area (Å²) in [4.78, 5) is 25.6. The number of carbonyl (C=O) groups excluding carboxylic acids is 2. The molecule has 0 aromatic heterocycles. The SMILES string of the molecule is CCOC(=O)COCC(=O)N1CCC(C(c2ccccc2)c2ccccc2)CC1. The predicted octanol–water partition coefficient (Wildman–Crippen LogP) is 3.64. The normalized spacial score (nSPS) is 14.8. The molecule has 0 bridgehead atoms. The number of piperidine rings is 1. The van der Waals surface area contributed by atoms with E-state index in [0.717, 1.165) is 12.8 Å². The van der Waals surface area contributed by atoms with Crippen LogP contribution in [0.25, 0.3) is 0 Å². The van der Waals surface area contributed by atoms with Gasteiger partial charge in [-0.05, 0) is 36.8 Å². The van der Waals surface area contributed by atoms with Crippen LogP contribution in [-0.4, -0.2) is 49.7 Å². The van der Waals surface area contributed by atoms with Gasteiger partial charge in [0.25, 0.3) is 0 Å². The number of hydrogen-bond acceptors (Lipinski definition) is 4. The Hall–Kier alpha value is -2.66. The second kappa shape index (κ2) is 10.8. The van der Waals surface area contributed by atoms with E-state index in [0.29, 0.717) is 31.5 Å². The summed E-state index contributed by atoms with van der Waals surface area (Å²) < 4.78 is 10.0. The molecule has 1 heterocycles. The minimum atomic E-state index is -0.437. The van der Waals surface area contributed by atoms with Gasteiger partial charge in [-0.2, -0.15) is 0 Å². The van der Waals surface area contributed by atoms with Crippen LogP contribution in [0.1, 0.15) is 36.8 Å². The third kappa shape index (κ3) is 5.91. The van der Waals surface area contributed by atoms with Crippen molar-refractivity contribution >= 4 is 11.9 Å². The van der Waals surface area contributed by atoms with E-state index in [1.807, 2.05) is 17.0 Å². The van der Waals surface area contributed by atoms with E-state index in [1.54, 1.807) is 6.92 Å². The zero-order valence-corrected chi connectivity index (χ0v) is 17.0. The first-order valence-corrected chi connectivity index (χ1v) is 10.3. The van der Waals surface area contributed by atoms with Gasteiger partial charge in [-0.1, -0.05) is 60.7 Å². The second-order valence-corrected chi connectivity index (χ2v) is 7.32.